The number of nitrogens with zero attached hydrogens (tertiary/aromatic N) is 2. The maximum atomic E-state index is 5.48. The largest absolute Gasteiger partial charge is 0.330 e. The second-order valence-corrected chi connectivity index (χ2v) is 3.79. The Labute approximate surface area is 84.7 Å². The predicted molar refractivity (Wildman–Crippen MR) is 55.7 cm³/mol. The van der Waals surface area contributed by atoms with Crippen molar-refractivity contribution in [3.05, 3.63) is 34.8 Å². The Hall–Kier alpha value is -0.870. The van der Waals surface area contributed by atoms with E-state index in [2.05, 4.69) is 20.9 Å². The van der Waals surface area contributed by atoms with Crippen LogP contribution in [-0.4, -0.2) is 15.9 Å². The highest BCUT2D eigenvalue weighted by Crippen LogP contribution is 2.14. The van der Waals surface area contributed by atoms with E-state index in [4.69, 9.17) is 5.73 Å². The molecule has 0 atom stereocenters. The standard InChI is InChI=1S/C9H10BrN3/c10-7-1-2-9-8(3-4-11)12-6-13(9)5-7/h1-2,5-6H,3-4,11H2. The molecule has 4 heteroatoms. The second kappa shape index (κ2) is 3.47. The molecule has 0 spiro atoms. The number of hydrogen-bond acceptors (Lipinski definition) is 2. The van der Waals surface area contributed by atoms with E-state index in [1.165, 1.54) is 0 Å². The maximum absolute atomic E-state index is 5.48. The summed E-state index contributed by atoms with van der Waals surface area (Å²) >= 11 is 3.41. The molecule has 0 unspecified atom stereocenters. The molecule has 0 saturated heterocycles. The zero-order valence-corrected chi connectivity index (χ0v) is 8.66. The van der Waals surface area contributed by atoms with Crippen LogP contribution in [0.15, 0.2) is 29.1 Å². The molecular weight excluding hydrogens is 230 g/mol. The summed E-state index contributed by atoms with van der Waals surface area (Å²) in [6.07, 6.45) is 4.63. The molecule has 0 fully saturated rings. The first kappa shape index (κ1) is 8.72. The Kier molecular flexibility index (Phi) is 2.33. The lowest BCUT2D eigenvalue weighted by atomic mass is 10.2. The summed E-state index contributed by atoms with van der Waals surface area (Å²) in [6, 6.07) is 4.05. The minimum absolute atomic E-state index is 0.642. The van der Waals surface area contributed by atoms with Crippen molar-refractivity contribution in [2.75, 3.05) is 6.54 Å². The summed E-state index contributed by atoms with van der Waals surface area (Å²) < 4.78 is 3.05. The van der Waals surface area contributed by atoms with E-state index in [9.17, 15) is 0 Å². The van der Waals surface area contributed by atoms with E-state index < -0.39 is 0 Å². The summed E-state index contributed by atoms with van der Waals surface area (Å²) in [4.78, 5) is 4.29. The average molecular weight is 240 g/mol. The van der Waals surface area contributed by atoms with Gasteiger partial charge in [0.25, 0.3) is 0 Å². The number of halogens is 1. The van der Waals surface area contributed by atoms with Crippen molar-refractivity contribution in [1.82, 2.24) is 9.38 Å². The predicted octanol–water partition coefficient (Wildman–Crippen LogP) is 1.60. The van der Waals surface area contributed by atoms with Gasteiger partial charge in [0, 0.05) is 17.1 Å². The first-order valence-corrected chi connectivity index (χ1v) is 4.91. The first-order chi connectivity index (χ1) is 6.31. The van der Waals surface area contributed by atoms with E-state index in [1.807, 2.05) is 29.1 Å². The molecule has 2 heterocycles. The lowest BCUT2D eigenvalue weighted by molar-refractivity contribution is 0.943. The van der Waals surface area contributed by atoms with Crippen LogP contribution in [0, 0.1) is 0 Å². The molecule has 2 aromatic heterocycles. The SMILES string of the molecule is NCCc1ncn2cc(Br)ccc12. The monoisotopic (exact) mass is 239 g/mol. The van der Waals surface area contributed by atoms with Gasteiger partial charge in [0.1, 0.15) is 0 Å². The number of aromatic nitrogens is 2. The molecule has 0 bridgehead atoms. The Morgan fingerprint density at radius 3 is 3.08 bits per heavy atom. The average Bonchev–Trinajstić information content (AvgIpc) is 2.49. The van der Waals surface area contributed by atoms with E-state index in [1.54, 1.807) is 0 Å². The molecule has 2 aromatic rings. The third kappa shape index (κ3) is 1.59. The molecule has 13 heavy (non-hydrogen) atoms. The van der Waals surface area contributed by atoms with Crippen molar-refractivity contribution in [1.29, 1.82) is 0 Å². The fourth-order valence-corrected chi connectivity index (χ4v) is 1.71. The number of hydrogen-bond donors (Lipinski definition) is 1. The van der Waals surface area contributed by atoms with Gasteiger partial charge in [-0.25, -0.2) is 4.98 Å². The summed E-state index contributed by atoms with van der Waals surface area (Å²) in [7, 11) is 0. The van der Waals surface area contributed by atoms with Crippen LogP contribution in [-0.2, 0) is 6.42 Å². The summed E-state index contributed by atoms with van der Waals surface area (Å²) in [5.41, 5.74) is 7.68. The number of nitrogens with two attached hydrogens (primary N) is 1. The Bertz CT molecular complexity index is 422. The van der Waals surface area contributed by atoms with Crippen LogP contribution in [0.3, 0.4) is 0 Å². The number of fused-ring (bicyclic) bond motifs is 1. The van der Waals surface area contributed by atoms with Gasteiger partial charge in [-0.1, -0.05) is 0 Å². The molecule has 0 saturated carbocycles. The molecule has 0 amide bonds. The molecule has 2 N–H and O–H groups in total. The van der Waals surface area contributed by atoms with E-state index >= 15 is 0 Å². The van der Waals surface area contributed by atoms with E-state index in [0.717, 1.165) is 22.1 Å². The van der Waals surface area contributed by atoms with Crippen molar-refractivity contribution in [3.63, 3.8) is 0 Å². The van der Waals surface area contributed by atoms with Crippen molar-refractivity contribution in [2.45, 2.75) is 6.42 Å². The van der Waals surface area contributed by atoms with E-state index in [-0.39, 0.29) is 0 Å². The molecule has 68 valence electrons. The smallest absolute Gasteiger partial charge is 0.0995 e. The number of rotatable bonds is 2. The van der Waals surface area contributed by atoms with Gasteiger partial charge in [-0.2, -0.15) is 0 Å². The van der Waals surface area contributed by atoms with Crippen LogP contribution in [0.25, 0.3) is 5.52 Å². The third-order valence-electron chi connectivity index (χ3n) is 1.96. The molecule has 0 aliphatic heterocycles. The van der Waals surface area contributed by atoms with Gasteiger partial charge in [-0.05, 0) is 34.6 Å². The quantitative estimate of drug-likeness (QED) is 0.866. The van der Waals surface area contributed by atoms with Crippen molar-refractivity contribution >= 4 is 21.4 Å². The first-order valence-electron chi connectivity index (χ1n) is 4.12. The molecule has 3 nitrogen and oxygen atoms in total. The number of pyridine rings is 1. The molecule has 0 aromatic carbocycles. The van der Waals surface area contributed by atoms with Crippen molar-refractivity contribution in [2.24, 2.45) is 5.73 Å². The lowest BCUT2D eigenvalue weighted by Gasteiger charge is -1.96. The number of imidazole rings is 1. The highest BCUT2D eigenvalue weighted by atomic mass is 79.9. The Balaban J connectivity index is 2.55. The Morgan fingerprint density at radius 1 is 1.46 bits per heavy atom. The molecule has 0 aliphatic carbocycles. The highest BCUT2D eigenvalue weighted by Gasteiger charge is 2.02. The summed E-state index contributed by atoms with van der Waals surface area (Å²) in [6.45, 7) is 0.642. The van der Waals surface area contributed by atoms with Crippen LogP contribution in [0.1, 0.15) is 5.69 Å². The molecule has 0 radical (unpaired) electrons. The van der Waals surface area contributed by atoms with Crippen molar-refractivity contribution < 1.29 is 0 Å². The minimum atomic E-state index is 0.642. The highest BCUT2D eigenvalue weighted by molar-refractivity contribution is 9.10. The second-order valence-electron chi connectivity index (χ2n) is 2.87. The minimum Gasteiger partial charge on any atom is -0.330 e. The maximum Gasteiger partial charge on any atom is 0.0995 e. The van der Waals surface area contributed by atoms with Crippen LogP contribution >= 0.6 is 15.9 Å². The zero-order valence-electron chi connectivity index (χ0n) is 7.07. The van der Waals surface area contributed by atoms with Gasteiger partial charge in [0.2, 0.25) is 0 Å². The summed E-state index contributed by atoms with van der Waals surface area (Å²) in [5.74, 6) is 0. The molecule has 0 aliphatic rings. The lowest BCUT2D eigenvalue weighted by Crippen LogP contribution is -2.03. The van der Waals surface area contributed by atoms with Gasteiger partial charge in [0.15, 0.2) is 0 Å². The van der Waals surface area contributed by atoms with E-state index in [0.29, 0.717) is 6.54 Å². The van der Waals surface area contributed by atoms with Crippen LogP contribution in [0.2, 0.25) is 0 Å². The normalized spacial score (nSPS) is 10.9. The Morgan fingerprint density at radius 2 is 2.31 bits per heavy atom. The fourth-order valence-electron chi connectivity index (χ4n) is 1.36. The fraction of sp³-hybridized carbons (Fsp3) is 0.222. The van der Waals surface area contributed by atoms with Crippen LogP contribution in [0.4, 0.5) is 0 Å². The van der Waals surface area contributed by atoms with Crippen LogP contribution < -0.4 is 5.73 Å². The molecule has 2 rings (SSSR count). The van der Waals surface area contributed by atoms with Gasteiger partial charge in [-0.3, -0.25) is 0 Å². The third-order valence-corrected chi connectivity index (χ3v) is 2.42. The zero-order chi connectivity index (χ0) is 9.26. The van der Waals surface area contributed by atoms with Gasteiger partial charge in [-0.15, -0.1) is 0 Å². The van der Waals surface area contributed by atoms with Crippen LogP contribution in [0.5, 0.6) is 0 Å². The molecular formula is C9H10BrN3. The van der Waals surface area contributed by atoms with Gasteiger partial charge in [0.05, 0.1) is 17.5 Å². The summed E-state index contributed by atoms with van der Waals surface area (Å²) in [5, 5.41) is 0. The van der Waals surface area contributed by atoms with Gasteiger partial charge < -0.3 is 10.1 Å². The van der Waals surface area contributed by atoms with Crippen molar-refractivity contribution in [3.8, 4) is 0 Å². The van der Waals surface area contributed by atoms with Gasteiger partial charge >= 0.3 is 0 Å². The topological polar surface area (TPSA) is 43.3 Å².